The molecule has 0 fully saturated rings. The van der Waals surface area contributed by atoms with Gasteiger partial charge in [-0.2, -0.15) is 0 Å². The van der Waals surface area contributed by atoms with Crippen LogP contribution in [-0.2, 0) is 9.84 Å². The highest BCUT2D eigenvalue weighted by atomic mass is 32.2. The number of carbonyl (C=O) groups is 1. The first-order valence-electron chi connectivity index (χ1n) is 6.48. The number of Topliss-reactive ketones (excluding diaryl/α,β-unsaturated/α-hetero) is 1. The van der Waals surface area contributed by atoms with Gasteiger partial charge in [-0.3, -0.25) is 14.9 Å². The summed E-state index contributed by atoms with van der Waals surface area (Å²) < 4.78 is 29.4. The average Bonchev–Trinajstić information content (AvgIpc) is 2.54. The standard InChI is InChI=1S/C15H13NO6S/c1-22-13-6-2-11(3-7-13)15(17)10-23(20,21)14-8-4-12(5-9-14)16(18)19/h2-9H,10H2,1H3. The van der Waals surface area contributed by atoms with Crippen LogP contribution < -0.4 is 4.74 Å². The Bertz CT molecular complexity index is 825. The third kappa shape index (κ3) is 3.92. The second-order valence-electron chi connectivity index (χ2n) is 4.66. The van der Waals surface area contributed by atoms with E-state index in [1.165, 1.54) is 19.2 Å². The summed E-state index contributed by atoms with van der Waals surface area (Å²) in [6.45, 7) is 0. The lowest BCUT2D eigenvalue weighted by atomic mass is 10.1. The molecule has 2 aromatic rings. The Hall–Kier alpha value is -2.74. The number of nitro groups is 1. The van der Waals surface area contributed by atoms with Gasteiger partial charge in [0.2, 0.25) is 0 Å². The van der Waals surface area contributed by atoms with Gasteiger partial charge in [-0.05, 0) is 36.4 Å². The van der Waals surface area contributed by atoms with Crippen LogP contribution in [0.4, 0.5) is 5.69 Å². The number of rotatable bonds is 6. The van der Waals surface area contributed by atoms with Crippen molar-refractivity contribution in [1.29, 1.82) is 0 Å². The van der Waals surface area contributed by atoms with Crippen molar-refractivity contribution in [2.75, 3.05) is 12.9 Å². The molecule has 0 saturated heterocycles. The molecule has 120 valence electrons. The maximum Gasteiger partial charge on any atom is 0.269 e. The predicted molar refractivity (Wildman–Crippen MR) is 82.5 cm³/mol. The molecule has 0 unspecified atom stereocenters. The summed E-state index contributed by atoms with van der Waals surface area (Å²) in [6, 6.07) is 10.5. The zero-order valence-electron chi connectivity index (χ0n) is 12.1. The number of ether oxygens (including phenoxy) is 1. The molecular formula is C15H13NO6S. The number of non-ortho nitro benzene ring substituents is 1. The van der Waals surface area contributed by atoms with E-state index < -0.39 is 26.3 Å². The van der Waals surface area contributed by atoms with Crippen LogP contribution in [0.25, 0.3) is 0 Å². The van der Waals surface area contributed by atoms with E-state index in [-0.39, 0.29) is 16.1 Å². The molecule has 2 rings (SSSR count). The zero-order valence-corrected chi connectivity index (χ0v) is 12.9. The van der Waals surface area contributed by atoms with Gasteiger partial charge in [0, 0.05) is 17.7 Å². The topological polar surface area (TPSA) is 104 Å². The molecule has 7 nitrogen and oxygen atoms in total. The first-order valence-corrected chi connectivity index (χ1v) is 8.13. The minimum absolute atomic E-state index is 0.134. The minimum atomic E-state index is -3.87. The Kier molecular flexibility index (Phi) is 4.75. The maximum absolute atomic E-state index is 12.2. The quantitative estimate of drug-likeness (QED) is 0.456. The van der Waals surface area contributed by atoms with Gasteiger partial charge in [0.25, 0.3) is 5.69 Å². The lowest BCUT2D eigenvalue weighted by molar-refractivity contribution is -0.384. The van der Waals surface area contributed by atoms with Crippen molar-refractivity contribution in [3.8, 4) is 5.75 Å². The summed E-state index contributed by atoms with van der Waals surface area (Å²) in [5.74, 6) is -0.720. The van der Waals surface area contributed by atoms with E-state index in [1.807, 2.05) is 0 Å². The second kappa shape index (κ2) is 6.57. The van der Waals surface area contributed by atoms with E-state index in [2.05, 4.69) is 0 Å². The lowest BCUT2D eigenvalue weighted by Gasteiger charge is -2.05. The lowest BCUT2D eigenvalue weighted by Crippen LogP contribution is -2.16. The second-order valence-corrected chi connectivity index (χ2v) is 6.65. The van der Waals surface area contributed by atoms with Gasteiger partial charge < -0.3 is 4.74 Å². The van der Waals surface area contributed by atoms with Crippen molar-refractivity contribution in [1.82, 2.24) is 0 Å². The van der Waals surface area contributed by atoms with Crippen LogP contribution in [0.2, 0.25) is 0 Å². The third-order valence-electron chi connectivity index (χ3n) is 3.14. The summed E-state index contributed by atoms with van der Waals surface area (Å²) in [5.41, 5.74) is 0.0294. The van der Waals surface area contributed by atoms with Crippen LogP contribution in [0.15, 0.2) is 53.4 Å². The number of nitrogens with zero attached hydrogens (tertiary/aromatic N) is 1. The van der Waals surface area contributed by atoms with Crippen LogP contribution in [-0.4, -0.2) is 32.0 Å². The normalized spacial score (nSPS) is 11.0. The van der Waals surface area contributed by atoms with Crippen molar-refractivity contribution >= 4 is 21.3 Å². The Morgan fingerprint density at radius 1 is 1.09 bits per heavy atom. The molecule has 0 heterocycles. The molecule has 0 radical (unpaired) electrons. The van der Waals surface area contributed by atoms with E-state index in [0.717, 1.165) is 24.3 Å². The molecule has 0 amide bonds. The van der Waals surface area contributed by atoms with E-state index in [0.29, 0.717) is 5.75 Å². The molecule has 0 aromatic heterocycles. The van der Waals surface area contributed by atoms with Gasteiger partial charge in [-0.1, -0.05) is 0 Å². The highest BCUT2D eigenvalue weighted by Crippen LogP contribution is 2.18. The fourth-order valence-electron chi connectivity index (χ4n) is 1.89. The fraction of sp³-hybridized carbons (Fsp3) is 0.133. The molecular weight excluding hydrogens is 322 g/mol. The van der Waals surface area contributed by atoms with Crippen molar-refractivity contribution in [3.05, 3.63) is 64.2 Å². The van der Waals surface area contributed by atoms with Crippen molar-refractivity contribution in [3.63, 3.8) is 0 Å². The molecule has 0 N–H and O–H groups in total. The molecule has 0 atom stereocenters. The number of methoxy groups -OCH3 is 1. The fourth-order valence-corrected chi connectivity index (χ4v) is 3.12. The van der Waals surface area contributed by atoms with E-state index in [4.69, 9.17) is 4.74 Å². The van der Waals surface area contributed by atoms with Crippen LogP contribution in [0.5, 0.6) is 5.75 Å². The van der Waals surface area contributed by atoms with E-state index >= 15 is 0 Å². The Morgan fingerprint density at radius 2 is 1.65 bits per heavy atom. The summed E-state index contributed by atoms with van der Waals surface area (Å²) in [6.07, 6.45) is 0. The van der Waals surface area contributed by atoms with Crippen LogP contribution >= 0.6 is 0 Å². The number of sulfone groups is 1. The highest BCUT2D eigenvalue weighted by molar-refractivity contribution is 7.92. The number of hydrogen-bond acceptors (Lipinski definition) is 6. The molecule has 0 aliphatic heterocycles. The monoisotopic (exact) mass is 335 g/mol. The van der Waals surface area contributed by atoms with Gasteiger partial charge in [0.15, 0.2) is 15.6 Å². The van der Waals surface area contributed by atoms with Gasteiger partial charge in [0.1, 0.15) is 11.5 Å². The molecule has 0 aliphatic rings. The number of hydrogen-bond donors (Lipinski definition) is 0. The summed E-state index contributed by atoms with van der Waals surface area (Å²) in [5, 5.41) is 10.6. The number of carbonyl (C=O) groups excluding carboxylic acids is 1. The number of benzene rings is 2. The summed E-state index contributed by atoms with van der Waals surface area (Å²) in [4.78, 5) is 21.9. The third-order valence-corrected chi connectivity index (χ3v) is 4.77. The van der Waals surface area contributed by atoms with Gasteiger partial charge in [-0.25, -0.2) is 8.42 Å². The smallest absolute Gasteiger partial charge is 0.269 e. The zero-order chi connectivity index (χ0) is 17.0. The van der Waals surface area contributed by atoms with Crippen LogP contribution in [0.3, 0.4) is 0 Å². The van der Waals surface area contributed by atoms with Crippen LogP contribution in [0, 0.1) is 10.1 Å². The maximum atomic E-state index is 12.2. The predicted octanol–water partition coefficient (Wildman–Crippen LogP) is 2.26. The molecule has 8 heteroatoms. The van der Waals surface area contributed by atoms with Gasteiger partial charge >= 0.3 is 0 Å². The highest BCUT2D eigenvalue weighted by Gasteiger charge is 2.21. The molecule has 0 saturated carbocycles. The summed E-state index contributed by atoms with van der Waals surface area (Å²) >= 11 is 0. The van der Waals surface area contributed by atoms with Crippen molar-refractivity contribution in [2.24, 2.45) is 0 Å². The molecule has 23 heavy (non-hydrogen) atoms. The van der Waals surface area contributed by atoms with Crippen LogP contribution in [0.1, 0.15) is 10.4 Å². The molecule has 0 bridgehead atoms. The van der Waals surface area contributed by atoms with E-state index in [9.17, 15) is 23.3 Å². The molecule has 0 spiro atoms. The largest absolute Gasteiger partial charge is 0.497 e. The Balaban J connectivity index is 2.19. The molecule has 0 aliphatic carbocycles. The molecule has 2 aromatic carbocycles. The van der Waals surface area contributed by atoms with Gasteiger partial charge in [-0.15, -0.1) is 0 Å². The Morgan fingerprint density at radius 3 is 2.13 bits per heavy atom. The SMILES string of the molecule is COc1ccc(C(=O)CS(=O)(=O)c2ccc([N+](=O)[O-])cc2)cc1. The van der Waals surface area contributed by atoms with Crippen molar-refractivity contribution in [2.45, 2.75) is 4.90 Å². The Labute approximate surface area is 132 Å². The van der Waals surface area contributed by atoms with Gasteiger partial charge in [0.05, 0.1) is 16.9 Å². The average molecular weight is 335 g/mol. The number of nitro benzene ring substituents is 1. The first-order chi connectivity index (χ1) is 10.8. The number of ketones is 1. The summed E-state index contributed by atoms with van der Waals surface area (Å²) in [7, 11) is -2.39. The van der Waals surface area contributed by atoms with E-state index in [1.54, 1.807) is 12.1 Å². The first kappa shape index (κ1) is 16.6. The van der Waals surface area contributed by atoms with Crippen molar-refractivity contribution < 1.29 is 22.9 Å². The minimum Gasteiger partial charge on any atom is -0.497 e.